The molecule has 1 aliphatic rings. The molecule has 2 N–H and O–H groups in total. The molecule has 6 heteroatoms. The second-order valence-electron chi connectivity index (χ2n) is 4.60. The number of nitrogens with zero attached hydrogens (tertiary/aromatic N) is 1. The van der Waals surface area contributed by atoms with Crippen LogP contribution in [-0.4, -0.2) is 30.4 Å². The number of carbonyl (C=O) groups is 1. The lowest BCUT2D eigenvalue weighted by atomic mass is 9.97. The van der Waals surface area contributed by atoms with Gasteiger partial charge in [-0.2, -0.15) is 0 Å². The number of piperidine rings is 1. The Balaban J connectivity index is 0.00000180. The monoisotopic (exact) mass is 322 g/mol. The van der Waals surface area contributed by atoms with Crippen molar-refractivity contribution in [3.63, 3.8) is 0 Å². The maximum atomic E-state index is 12.4. The molecule has 0 radical (unpaired) electrons. The lowest BCUT2D eigenvalue weighted by Crippen LogP contribution is -2.42. The Morgan fingerprint density at radius 3 is 2.84 bits per heavy atom. The Bertz CT molecular complexity index is 454. The maximum Gasteiger partial charge on any atom is 0.255 e. The van der Waals surface area contributed by atoms with Crippen LogP contribution in [0.5, 0.6) is 0 Å². The van der Waals surface area contributed by atoms with E-state index >= 15 is 0 Å². The Labute approximate surface area is 129 Å². The largest absolute Gasteiger partial charge is 0.338 e. The molecule has 1 heterocycles. The average Bonchev–Trinajstić information content (AvgIpc) is 2.41. The van der Waals surface area contributed by atoms with E-state index in [1.54, 1.807) is 18.2 Å². The zero-order chi connectivity index (χ0) is 13.1. The van der Waals surface area contributed by atoms with E-state index in [0.29, 0.717) is 34.6 Å². The molecule has 0 saturated carbocycles. The first kappa shape index (κ1) is 16.6. The molecule has 19 heavy (non-hydrogen) atoms. The van der Waals surface area contributed by atoms with Gasteiger partial charge in [0.05, 0.1) is 15.6 Å². The summed E-state index contributed by atoms with van der Waals surface area (Å²) in [6.07, 6.45) is 2.08. The van der Waals surface area contributed by atoms with Crippen molar-refractivity contribution >= 4 is 41.5 Å². The molecule has 3 nitrogen and oxygen atoms in total. The Morgan fingerprint density at radius 1 is 1.42 bits per heavy atom. The molecular weight excluding hydrogens is 307 g/mol. The van der Waals surface area contributed by atoms with Crippen LogP contribution in [0.3, 0.4) is 0 Å². The van der Waals surface area contributed by atoms with Gasteiger partial charge in [0.25, 0.3) is 5.91 Å². The van der Waals surface area contributed by atoms with Crippen molar-refractivity contribution in [1.29, 1.82) is 0 Å². The van der Waals surface area contributed by atoms with Crippen LogP contribution in [0, 0.1) is 5.92 Å². The van der Waals surface area contributed by atoms with Crippen LogP contribution >= 0.6 is 35.6 Å². The van der Waals surface area contributed by atoms with Gasteiger partial charge in [-0.3, -0.25) is 4.79 Å². The smallest absolute Gasteiger partial charge is 0.255 e. The van der Waals surface area contributed by atoms with Gasteiger partial charge in [0, 0.05) is 13.1 Å². The molecule has 0 aliphatic carbocycles. The molecule has 1 amide bonds. The first-order valence-electron chi connectivity index (χ1n) is 6.07. The van der Waals surface area contributed by atoms with Crippen LogP contribution in [-0.2, 0) is 0 Å². The quantitative estimate of drug-likeness (QED) is 0.908. The predicted molar refractivity (Wildman–Crippen MR) is 81.4 cm³/mol. The molecule has 1 fully saturated rings. The molecule has 106 valence electrons. The van der Waals surface area contributed by atoms with Gasteiger partial charge in [-0.1, -0.05) is 29.3 Å². The second kappa shape index (κ2) is 7.34. The molecule has 1 aromatic carbocycles. The van der Waals surface area contributed by atoms with E-state index < -0.39 is 0 Å². The van der Waals surface area contributed by atoms with Crippen LogP contribution < -0.4 is 5.73 Å². The number of likely N-dealkylation sites (tertiary alicyclic amines) is 1. The van der Waals surface area contributed by atoms with Gasteiger partial charge in [0.2, 0.25) is 0 Å². The summed E-state index contributed by atoms with van der Waals surface area (Å²) >= 11 is 12.0. The van der Waals surface area contributed by atoms with Crippen LogP contribution in [0.2, 0.25) is 10.0 Å². The van der Waals surface area contributed by atoms with E-state index in [-0.39, 0.29) is 18.3 Å². The Kier molecular flexibility index (Phi) is 6.40. The second-order valence-corrected chi connectivity index (χ2v) is 5.38. The highest BCUT2D eigenvalue weighted by atomic mass is 35.5. The van der Waals surface area contributed by atoms with E-state index in [4.69, 9.17) is 28.9 Å². The minimum Gasteiger partial charge on any atom is -0.338 e. The van der Waals surface area contributed by atoms with Crippen molar-refractivity contribution in [3.8, 4) is 0 Å². The SMILES string of the molecule is Cl.NCC1CCCN(C(=O)c2cccc(Cl)c2Cl)C1. The number of amides is 1. The van der Waals surface area contributed by atoms with Crippen molar-refractivity contribution in [2.75, 3.05) is 19.6 Å². The third-order valence-corrected chi connectivity index (χ3v) is 4.14. The number of hydrogen-bond donors (Lipinski definition) is 1. The minimum absolute atomic E-state index is 0. The van der Waals surface area contributed by atoms with Gasteiger partial charge < -0.3 is 10.6 Å². The molecule has 2 rings (SSSR count). The first-order valence-corrected chi connectivity index (χ1v) is 6.82. The minimum atomic E-state index is -0.0550. The topological polar surface area (TPSA) is 46.3 Å². The molecule has 1 saturated heterocycles. The van der Waals surface area contributed by atoms with Crippen LogP contribution in [0.25, 0.3) is 0 Å². The molecule has 0 bridgehead atoms. The summed E-state index contributed by atoms with van der Waals surface area (Å²) in [5, 5.41) is 0.744. The van der Waals surface area contributed by atoms with Gasteiger partial charge in [-0.15, -0.1) is 12.4 Å². The Morgan fingerprint density at radius 2 is 2.16 bits per heavy atom. The molecule has 1 aliphatic heterocycles. The van der Waals surface area contributed by atoms with Crippen molar-refractivity contribution < 1.29 is 4.79 Å². The fourth-order valence-electron chi connectivity index (χ4n) is 2.28. The summed E-state index contributed by atoms with van der Waals surface area (Å²) in [6, 6.07) is 5.13. The van der Waals surface area contributed by atoms with E-state index in [1.165, 1.54) is 0 Å². The lowest BCUT2D eigenvalue weighted by Gasteiger charge is -2.32. The van der Waals surface area contributed by atoms with E-state index in [9.17, 15) is 4.79 Å². The summed E-state index contributed by atoms with van der Waals surface area (Å²) in [4.78, 5) is 14.2. The van der Waals surface area contributed by atoms with Gasteiger partial charge >= 0.3 is 0 Å². The van der Waals surface area contributed by atoms with E-state index in [1.807, 2.05) is 4.90 Å². The van der Waals surface area contributed by atoms with Gasteiger partial charge in [-0.25, -0.2) is 0 Å². The number of rotatable bonds is 2. The van der Waals surface area contributed by atoms with Gasteiger partial charge in [0.15, 0.2) is 0 Å². The van der Waals surface area contributed by atoms with Crippen molar-refractivity contribution in [2.24, 2.45) is 11.7 Å². The number of carbonyl (C=O) groups excluding carboxylic acids is 1. The summed E-state index contributed by atoms with van der Waals surface area (Å²) in [7, 11) is 0. The van der Waals surface area contributed by atoms with Gasteiger partial charge in [0.1, 0.15) is 0 Å². The highest BCUT2D eigenvalue weighted by Crippen LogP contribution is 2.27. The number of halogens is 3. The Hall–Kier alpha value is -0.480. The van der Waals surface area contributed by atoms with Gasteiger partial charge in [-0.05, 0) is 37.4 Å². The fourth-order valence-corrected chi connectivity index (χ4v) is 2.66. The highest BCUT2D eigenvalue weighted by molar-refractivity contribution is 6.43. The molecule has 0 aromatic heterocycles. The van der Waals surface area contributed by atoms with Crippen molar-refractivity contribution in [1.82, 2.24) is 4.90 Å². The summed E-state index contributed by atoms with van der Waals surface area (Å²) in [6.45, 7) is 2.09. The standard InChI is InChI=1S/C13H16Cl2N2O.ClH/c14-11-5-1-4-10(12(11)15)13(18)17-6-2-3-9(7-16)8-17;/h1,4-5,9H,2-3,6-8,16H2;1H. The molecule has 0 spiro atoms. The number of hydrogen-bond acceptors (Lipinski definition) is 2. The summed E-state index contributed by atoms with van der Waals surface area (Å²) < 4.78 is 0. The van der Waals surface area contributed by atoms with E-state index in [2.05, 4.69) is 0 Å². The number of benzene rings is 1. The molecule has 1 atom stereocenters. The van der Waals surface area contributed by atoms with E-state index in [0.717, 1.165) is 19.4 Å². The number of nitrogens with two attached hydrogens (primary N) is 1. The normalized spacial score (nSPS) is 18.9. The zero-order valence-corrected chi connectivity index (χ0v) is 12.8. The molecular formula is C13H17Cl3N2O. The van der Waals surface area contributed by atoms with Crippen LogP contribution in [0.1, 0.15) is 23.2 Å². The molecule has 1 unspecified atom stereocenters. The maximum absolute atomic E-state index is 12.4. The zero-order valence-electron chi connectivity index (χ0n) is 10.4. The van der Waals surface area contributed by atoms with Crippen molar-refractivity contribution in [2.45, 2.75) is 12.8 Å². The predicted octanol–water partition coefficient (Wildman–Crippen LogP) is 3.23. The fraction of sp³-hybridized carbons (Fsp3) is 0.462. The lowest BCUT2D eigenvalue weighted by molar-refractivity contribution is 0.0678. The highest BCUT2D eigenvalue weighted by Gasteiger charge is 2.25. The van der Waals surface area contributed by atoms with Crippen LogP contribution in [0.4, 0.5) is 0 Å². The average molecular weight is 324 g/mol. The summed E-state index contributed by atoms with van der Waals surface area (Å²) in [5.41, 5.74) is 6.15. The molecule has 1 aromatic rings. The third kappa shape index (κ3) is 3.76. The summed E-state index contributed by atoms with van der Waals surface area (Å²) in [5.74, 6) is 0.335. The third-order valence-electron chi connectivity index (χ3n) is 3.32. The van der Waals surface area contributed by atoms with Crippen molar-refractivity contribution in [3.05, 3.63) is 33.8 Å². The first-order chi connectivity index (χ1) is 8.63. The van der Waals surface area contributed by atoms with Crippen LogP contribution in [0.15, 0.2) is 18.2 Å².